The molecule has 32 heavy (non-hydrogen) atoms. The molecule has 160 valence electrons. The van der Waals surface area contributed by atoms with E-state index in [1.54, 1.807) is 62.9 Å². The summed E-state index contributed by atoms with van der Waals surface area (Å²) in [5, 5.41) is 9.70. The third-order valence-electron chi connectivity index (χ3n) is 4.76. The lowest BCUT2D eigenvalue weighted by Crippen LogP contribution is -2.42. The van der Waals surface area contributed by atoms with E-state index in [0.717, 1.165) is 11.8 Å². The Hall–Kier alpha value is -3.90. The Kier molecular flexibility index (Phi) is 5.79. The van der Waals surface area contributed by atoms with Crippen molar-refractivity contribution < 1.29 is 14.3 Å². The molecule has 0 saturated heterocycles. The zero-order valence-corrected chi connectivity index (χ0v) is 18.2. The molecule has 0 aromatic carbocycles. The third kappa shape index (κ3) is 3.76. The zero-order chi connectivity index (χ0) is 22.8. The fourth-order valence-corrected chi connectivity index (χ4v) is 4.61. The van der Waals surface area contributed by atoms with E-state index >= 15 is 0 Å². The number of anilines is 1. The van der Waals surface area contributed by atoms with Gasteiger partial charge >= 0.3 is 5.97 Å². The first-order valence-electron chi connectivity index (χ1n) is 9.80. The van der Waals surface area contributed by atoms with Crippen LogP contribution in [0.15, 0.2) is 49.1 Å². The van der Waals surface area contributed by atoms with E-state index in [-0.39, 0.29) is 33.6 Å². The largest absolute Gasteiger partial charge is 0.459 e. The normalized spacial score (nSPS) is 16.1. The second-order valence-electron chi connectivity index (χ2n) is 7.31. The summed E-state index contributed by atoms with van der Waals surface area (Å²) >= 11 is 1.07. The van der Waals surface area contributed by atoms with E-state index in [1.807, 2.05) is 12.1 Å². The van der Waals surface area contributed by atoms with Gasteiger partial charge in [0, 0.05) is 30.0 Å². The van der Waals surface area contributed by atoms with Gasteiger partial charge in [-0.3, -0.25) is 19.3 Å². The number of nitrogens with zero attached hydrogens (tertiary/aromatic N) is 4. The summed E-state index contributed by atoms with van der Waals surface area (Å²) in [6, 6.07) is 9.05. The molecule has 0 bridgehead atoms. The number of thioether (sulfide) groups is 1. The van der Waals surface area contributed by atoms with Crippen LogP contribution in [-0.4, -0.2) is 32.5 Å². The van der Waals surface area contributed by atoms with Crippen molar-refractivity contribution in [2.24, 2.45) is 0 Å². The second kappa shape index (κ2) is 8.69. The minimum atomic E-state index is -0.781. The second-order valence-corrected chi connectivity index (χ2v) is 8.42. The van der Waals surface area contributed by atoms with Gasteiger partial charge in [-0.25, -0.2) is 4.79 Å². The molecule has 0 radical (unpaired) electrons. The van der Waals surface area contributed by atoms with Gasteiger partial charge in [-0.1, -0.05) is 23.9 Å². The van der Waals surface area contributed by atoms with Crippen LogP contribution in [0.4, 0.5) is 5.69 Å². The molecule has 4 rings (SSSR count). The Morgan fingerprint density at radius 2 is 2.00 bits per heavy atom. The molecule has 0 fully saturated rings. The predicted octanol–water partition coefficient (Wildman–Crippen LogP) is 1.75. The molecule has 4 heterocycles. The van der Waals surface area contributed by atoms with Crippen molar-refractivity contribution in [1.82, 2.24) is 14.5 Å². The molecule has 1 atom stereocenters. The van der Waals surface area contributed by atoms with E-state index in [0.29, 0.717) is 16.3 Å². The number of fused-ring (bicyclic) bond motifs is 1. The molecule has 0 spiro atoms. The van der Waals surface area contributed by atoms with Crippen LogP contribution in [0, 0.1) is 11.3 Å². The number of rotatable bonds is 4. The molecule has 0 saturated carbocycles. The summed E-state index contributed by atoms with van der Waals surface area (Å²) < 4.78 is 6.69. The van der Waals surface area contributed by atoms with E-state index in [9.17, 15) is 14.9 Å². The molecular weight excluding hydrogens is 426 g/mol. The molecule has 0 unspecified atom stereocenters. The van der Waals surface area contributed by atoms with Crippen molar-refractivity contribution in [2.45, 2.75) is 25.2 Å². The van der Waals surface area contributed by atoms with Gasteiger partial charge in [0.05, 0.1) is 17.1 Å². The Morgan fingerprint density at radius 3 is 2.59 bits per heavy atom. The number of carbonyl (C=O) groups excluding carboxylic acids is 2. The number of hydrogen-bond donors (Lipinski definition) is 1. The maximum absolute atomic E-state index is 13.5. The monoisotopic (exact) mass is 445 g/mol. The van der Waals surface area contributed by atoms with E-state index < -0.39 is 11.2 Å². The Balaban J connectivity index is 2.07. The number of ether oxygens (including phenoxy) is 1. The van der Waals surface area contributed by atoms with Crippen LogP contribution in [0.3, 0.4) is 0 Å². The summed E-state index contributed by atoms with van der Waals surface area (Å²) in [7, 11) is 0. The summed E-state index contributed by atoms with van der Waals surface area (Å²) in [4.78, 5) is 35.0. The standard InChI is InChI=1S/C23H19N5O3S/c1-13(2)31-23(30)21-19-16(9-14-5-3-7-26-11-14)18(25)17(10-24)28(19)22(29)20(32-21)15-6-4-8-27-12-15/h3-9,11-13,20H,25H2,1-2H3/b16-9+/t20-/m1/s1. The van der Waals surface area contributed by atoms with Crippen LogP contribution in [-0.2, 0) is 9.53 Å². The van der Waals surface area contributed by atoms with Gasteiger partial charge in [0.25, 0.3) is 0 Å². The maximum Gasteiger partial charge on any atom is 0.347 e. The number of carbonyl (C=O) groups is 2. The molecule has 0 aliphatic carbocycles. The quantitative estimate of drug-likeness (QED) is 0.603. The molecule has 1 aliphatic rings. The highest BCUT2D eigenvalue weighted by molar-refractivity contribution is 8.10. The molecule has 9 heteroatoms. The lowest BCUT2D eigenvalue weighted by Gasteiger charge is -2.23. The van der Waals surface area contributed by atoms with Gasteiger partial charge in [-0.15, -0.1) is 0 Å². The summed E-state index contributed by atoms with van der Waals surface area (Å²) in [5.41, 5.74) is 7.72. The SMILES string of the molecule is CC(C)OC(=O)C1=c2/c(=C/c3cccnc3)c(N)c(C#N)n2C(=O)[C@@H](c2cccnc2)S1. The van der Waals surface area contributed by atoms with Crippen molar-refractivity contribution in [3.05, 3.63) is 76.4 Å². The molecule has 8 nitrogen and oxygen atoms in total. The molecule has 1 aliphatic heterocycles. The van der Waals surface area contributed by atoms with Gasteiger partial charge in [0.2, 0.25) is 5.91 Å². The lowest BCUT2D eigenvalue weighted by atomic mass is 10.2. The van der Waals surface area contributed by atoms with E-state index in [4.69, 9.17) is 10.5 Å². The lowest BCUT2D eigenvalue weighted by molar-refractivity contribution is -0.139. The van der Waals surface area contributed by atoms with Crippen molar-refractivity contribution >= 4 is 40.3 Å². The van der Waals surface area contributed by atoms with E-state index in [2.05, 4.69) is 9.97 Å². The molecule has 0 amide bonds. The van der Waals surface area contributed by atoms with Crippen LogP contribution in [0.5, 0.6) is 0 Å². The van der Waals surface area contributed by atoms with Crippen LogP contribution in [0.2, 0.25) is 0 Å². The van der Waals surface area contributed by atoms with Gasteiger partial charge < -0.3 is 10.5 Å². The number of nitrogen functional groups attached to an aromatic ring is 1. The highest BCUT2D eigenvalue weighted by Crippen LogP contribution is 2.39. The smallest absolute Gasteiger partial charge is 0.347 e. The molecule has 2 N–H and O–H groups in total. The number of aromatic nitrogens is 3. The average molecular weight is 446 g/mol. The van der Waals surface area contributed by atoms with E-state index in [1.165, 1.54) is 4.57 Å². The van der Waals surface area contributed by atoms with Crippen molar-refractivity contribution in [2.75, 3.05) is 5.73 Å². The first-order valence-corrected chi connectivity index (χ1v) is 10.7. The summed E-state index contributed by atoms with van der Waals surface area (Å²) in [5.74, 6) is -0.969. The Morgan fingerprint density at radius 1 is 1.28 bits per heavy atom. The number of nitriles is 1. The fourth-order valence-electron chi connectivity index (χ4n) is 3.43. The maximum atomic E-state index is 13.5. The minimum absolute atomic E-state index is 0.0239. The molecular formula is C23H19N5O3S. The number of nitrogens with two attached hydrogens (primary N) is 1. The minimum Gasteiger partial charge on any atom is -0.459 e. The summed E-state index contributed by atoms with van der Waals surface area (Å²) in [6.45, 7) is 3.49. The Bertz CT molecular complexity index is 1360. The van der Waals surface area contributed by atoms with Crippen molar-refractivity contribution in [3.8, 4) is 6.07 Å². The van der Waals surface area contributed by atoms with Gasteiger partial charge in [-0.05, 0) is 43.2 Å². The highest BCUT2D eigenvalue weighted by atomic mass is 32.2. The topological polar surface area (TPSA) is 124 Å². The Labute approximate surface area is 188 Å². The number of hydrogen-bond acceptors (Lipinski definition) is 8. The van der Waals surface area contributed by atoms with Crippen molar-refractivity contribution in [1.29, 1.82) is 5.26 Å². The molecule has 3 aromatic rings. The predicted molar refractivity (Wildman–Crippen MR) is 120 cm³/mol. The van der Waals surface area contributed by atoms with Crippen LogP contribution in [0.25, 0.3) is 11.0 Å². The number of pyridine rings is 2. The van der Waals surface area contributed by atoms with Crippen LogP contribution >= 0.6 is 11.8 Å². The van der Waals surface area contributed by atoms with Crippen molar-refractivity contribution in [3.63, 3.8) is 0 Å². The van der Waals surface area contributed by atoms with Gasteiger partial charge in [0.1, 0.15) is 16.2 Å². The first-order chi connectivity index (χ1) is 15.4. The average Bonchev–Trinajstić information content (AvgIpc) is 3.07. The highest BCUT2D eigenvalue weighted by Gasteiger charge is 2.37. The number of esters is 1. The third-order valence-corrected chi connectivity index (χ3v) is 6.06. The molecule has 3 aromatic heterocycles. The zero-order valence-electron chi connectivity index (χ0n) is 17.4. The first kappa shape index (κ1) is 21.3. The van der Waals surface area contributed by atoms with Gasteiger partial charge in [0.15, 0.2) is 5.69 Å². The van der Waals surface area contributed by atoms with Crippen LogP contribution < -0.4 is 16.3 Å². The summed E-state index contributed by atoms with van der Waals surface area (Å²) in [6.07, 6.45) is 7.75. The fraction of sp³-hybridized carbons (Fsp3) is 0.174. The van der Waals surface area contributed by atoms with Gasteiger partial charge in [-0.2, -0.15) is 5.26 Å². The van der Waals surface area contributed by atoms with Crippen LogP contribution in [0.1, 0.15) is 40.7 Å².